The lowest BCUT2D eigenvalue weighted by Gasteiger charge is -2.11. The normalized spacial score (nSPS) is 13.9. The molecule has 4 rings (SSSR count). The number of hydrogen-bond donors (Lipinski definition) is 1. The van der Waals surface area contributed by atoms with Crippen LogP contribution < -0.4 is 16.6 Å². The number of fused-ring (bicyclic) bond motifs is 1. The van der Waals surface area contributed by atoms with Crippen molar-refractivity contribution in [2.24, 2.45) is 20.0 Å². The van der Waals surface area contributed by atoms with Crippen molar-refractivity contribution in [1.29, 1.82) is 0 Å². The molecule has 0 atom stereocenters. The summed E-state index contributed by atoms with van der Waals surface area (Å²) in [6.07, 6.45) is -2.44. The number of hydrogen-bond acceptors (Lipinski definition) is 6. The Balaban J connectivity index is 1.77. The molecule has 1 fully saturated rings. The molecular formula is C22H20F3N5O5S. The molecule has 2 heterocycles. The zero-order valence-electron chi connectivity index (χ0n) is 19.3. The van der Waals surface area contributed by atoms with Gasteiger partial charge in [-0.25, -0.2) is 13.2 Å². The summed E-state index contributed by atoms with van der Waals surface area (Å²) < 4.78 is 67.0. The standard InChI is InChI=1S/C22H20F3N5O5S/c1-28-16-17(27-20(28)36(3,34)35)30(21(33)29(2)19(16)32)8-4-5-12-9-14(22(23,24)25)11-15(10-12)26-18(31)13-6-7-13/h9-11,13H,6-8H2,1-3H3,(H,26,31). The fraction of sp³-hybridized carbons (Fsp3) is 0.364. The van der Waals surface area contributed by atoms with Gasteiger partial charge in [-0.2, -0.15) is 18.2 Å². The highest BCUT2D eigenvalue weighted by Crippen LogP contribution is 2.34. The van der Waals surface area contributed by atoms with E-state index in [0.717, 1.165) is 32.1 Å². The molecule has 0 spiro atoms. The van der Waals surface area contributed by atoms with Gasteiger partial charge >= 0.3 is 11.9 Å². The van der Waals surface area contributed by atoms with Gasteiger partial charge in [-0.15, -0.1) is 0 Å². The predicted octanol–water partition coefficient (Wildman–Crippen LogP) is 1.26. The van der Waals surface area contributed by atoms with Crippen LogP contribution in [-0.4, -0.2) is 39.3 Å². The average molecular weight is 523 g/mol. The summed E-state index contributed by atoms with van der Waals surface area (Å²) in [5, 5.41) is 2.03. The number of nitrogens with one attached hydrogen (secondary N) is 1. The number of imidazole rings is 1. The highest BCUT2D eigenvalue weighted by Gasteiger charge is 2.33. The van der Waals surface area contributed by atoms with Crippen LogP contribution in [0.4, 0.5) is 18.9 Å². The first-order valence-corrected chi connectivity index (χ1v) is 12.5. The molecule has 1 aliphatic rings. The Morgan fingerprint density at radius 2 is 1.83 bits per heavy atom. The molecule has 0 saturated heterocycles. The summed E-state index contributed by atoms with van der Waals surface area (Å²) in [5.41, 5.74) is -3.10. The topological polar surface area (TPSA) is 125 Å². The highest BCUT2D eigenvalue weighted by molar-refractivity contribution is 7.90. The quantitative estimate of drug-likeness (QED) is 0.514. The van der Waals surface area contributed by atoms with Gasteiger partial charge in [-0.05, 0) is 31.0 Å². The highest BCUT2D eigenvalue weighted by atomic mass is 32.2. The minimum absolute atomic E-state index is 0.0600. The van der Waals surface area contributed by atoms with Crippen molar-refractivity contribution in [2.75, 3.05) is 11.6 Å². The van der Waals surface area contributed by atoms with E-state index in [-0.39, 0.29) is 34.2 Å². The van der Waals surface area contributed by atoms with Gasteiger partial charge in [0.2, 0.25) is 20.9 Å². The zero-order valence-corrected chi connectivity index (χ0v) is 20.1. The zero-order chi connectivity index (χ0) is 26.6. The van der Waals surface area contributed by atoms with Crippen molar-refractivity contribution in [2.45, 2.75) is 30.7 Å². The van der Waals surface area contributed by atoms with Gasteiger partial charge in [0.15, 0.2) is 11.2 Å². The number of sulfone groups is 1. The summed E-state index contributed by atoms with van der Waals surface area (Å²) in [4.78, 5) is 41.3. The van der Waals surface area contributed by atoms with Gasteiger partial charge < -0.3 is 9.88 Å². The molecule has 1 aromatic carbocycles. The van der Waals surface area contributed by atoms with E-state index in [1.54, 1.807) is 0 Å². The maximum absolute atomic E-state index is 13.4. The molecule has 1 N–H and O–H groups in total. The van der Waals surface area contributed by atoms with E-state index in [2.05, 4.69) is 22.1 Å². The Morgan fingerprint density at radius 1 is 1.17 bits per heavy atom. The van der Waals surface area contributed by atoms with Crippen molar-refractivity contribution in [3.63, 3.8) is 0 Å². The molecule has 190 valence electrons. The first-order valence-electron chi connectivity index (χ1n) is 10.6. The van der Waals surface area contributed by atoms with Crippen LogP contribution in [-0.2, 0) is 41.4 Å². The van der Waals surface area contributed by atoms with Crippen molar-refractivity contribution in [3.8, 4) is 11.8 Å². The Labute approximate surface area is 202 Å². The number of anilines is 1. The molecule has 1 aliphatic carbocycles. The van der Waals surface area contributed by atoms with E-state index in [1.807, 2.05) is 0 Å². The number of carbonyl (C=O) groups excluding carboxylic acids is 1. The fourth-order valence-corrected chi connectivity index (χ4v) is 4.47. The number of rotatable bonds is 4. The van der Waals surface area contributed by atoms with Crippen molar-refractivity contribution in [3.05, 3.63) is 50.2 Å². The average Bonchev–Trinajstić information content (AvgIpc) is 3.56. The summed E-state index contributed by atoms with van der Waals surface area (Å²) in [6.45, 7) is -0.399. The smallest absolute Gasteiger partial charge is 0.326 e. The van der Waals surface area contributed by atoms with Crippen molar-refractivity contribution in [1.82, 2.24) is 18.7 Å². The van der Waals surface area contributed by atoms with Crippen LogP contribution >= 0.6 is 0 Å². The molecule has 0 bridgehead atoms. The minimum atomic E-state index is -4.69. The fourth-order valence-electron chi connectivity index (χ4n) is 3.63. The third kappa shape index (κ3) is 4.78. The van der Waals surface area contributed by atoms with Crippen LogP contribution in [0, 0.1) is 17.8 Å². The number of benzene rings is 1. The molecule has 36 heavy (non-hydrogen) atoms. The van der Waals surface area contributed by atoms with Crippen LogP contribution in [0.25, 0.3) is 11.2 Å². The second-order valence-corrected chi connectivity index (χ2v) is 10.4. The van der Waals surface area contributed by atoms with E-state index in [0.29, 0.717) is 12.8 Å². The second kappa shape index (κ2) is 8.66. The van der Waals surface area contributed by atoms with E-state index < -0.39 is 44.5 Å². The number of amides is 1. The molecule has 0 radical (unpaired) electrons. The second-order valence-electron chi connectivity index (χ2n) is 8.49. The van der Waals surface area contributed by atoms with Gasteiger partial charge in [0.05, 0.1) is 12.1 Å². The van der Waals surface area contributed by atoms with Crippen LogP contribution in [0.3, 0.4) is 0 Å². The molecule has 1 amide bonds. The number of carbonyl (C=O) groups is 1. The molecule has 10 nitrogen and oxygen atoms in total. The maximum atomic E-state index is 13.4. The molecule has 3 aromatic rings. The van der Waals surface area contributed by atoms with Crippen molar-refractivity contribution < 1.29 is 26.4 Å². The van der Waals surface area contributed by atoms with Gasteiger partial charge in [0.25, 0.3) is 5.56 Å². The SMILES string of the molecule is Cn1c(=O)c2c(nc(S(C)(=O)=O)n2C)n(CC#Cc2cc(NC(=O)C3CC3)cc(C(F)(F)F)c2)c1=O. The maximum Gasteiger partial charge on any atom is 0.416 e. The summed E-state index contributed by atoms with van der Waals surface area (Å²) in [5.74, 6) is 4.53. The predicted molar refractivity (Wildman–Crippen MR) is 123 cm³/mol. The van der Waals surface area contributed by atoms with E-state index >= 15 is 0 Å². The Morgan fingerprint density at radius 3 is 2.42 bits per heavy atom. The summed E-state index contributed by atoms with van der Waals surface area (Å²) in [6, 6.07) is 2.90. The first kappa shape index (κ1) is 25.2. The lowest BCUT2D eigenvalue weighted by atomic mass is 10.1. The minimum Gasteiger partial charge on any atom is -0.326 e. The van der Waals surface area contributed by atoms with Gasteiger partial charge in [0.1, 0.15) is 0 Å². The number of nitrogens with zero attached hydrogens (tertiary/aromatic N) is 4. The summed E-state index contributed by atoms with van der Waals surface area (Å²) >= 11 is 0. The molecule has 14 heteroatoms. The molecule has 0 unspecified atom stereocenters. The largest absolute Gasteiger partial charge is 0.416 e. The van der Waals surface area contributed by atoms with Gasteiger partial charge in [-0.3, -0.25) is 18.7 Å². The Kier molecular flexibility index (Phi) is 6.07. The molecule has 0 aliphatic heterocycles. The monoisotopic (exact) mass is 523 g/mol. The Hall–Kier alpha value is -3.86. The first-order chi connectivity index (χ1) is 16.7. The van der Waals surface area contributed by atoms with Crippen molar-refractivity contribution >= 4 is 32.6 Å². The number of aryl methyl sites for hydroxylation is 1. The molecule has 2 aromatic heterocycles. The van der Waals surface area contributed by atoms with E-state index in [1.165, 1.54) is 20.2 Å². The lowest BCUT2D eigenvalue weighted by molar-refractivity contribution is -0.137. The third-order valence-electron chi connectivity index (χ3n) is 5.59. The lowest BCUT2D eigenvalue weighted by Crippen LogP contribution is -2.38. The van der Waals surface area contributed by atoms with E-state index in [4.69, 9.17) is 0 Å². The Bertz CT molecular complexity index is 1700. The number of aromatic nitrogens is 4. The van der Waals surface area contributed by atoms with E-state index in [9.17, 15) is 36.0 Å². The summed E-state index contributed by atoms with van der Waals surface area (Å²) in [7, 11) is -1.33. The van der Waals surface area contributed by atoms with Gasteiger partial charge in [-0.1, -0.05) is 11.8 Å². The van der Waals surface area contributed by atoms with Gasteiger partial charge in [0, 0.05) is 37.5 Å². The van der Waals surface area contributed by atoms with Crippen LogP contribution in [0.1, 0.15) is 24.0 Å². The van der Waals surface area contributed by atoms with Crippen LogP contribution in [0.15, 0.2) is 32.9 Å². The molecule has 1 saturated carbocycles. The third-order valence-corrected chi connectivity index (χ3v) is 6.62. The van der Waals surface area contributed by atoms with Crippen LogP contribution in [0.2, 0.25) is 0 Å². The molecular weight excluding hydrogens is 503 g/mol. The number of alkyl halides is 3. The number of halogens is 3. The van der Waals surface area contributed by atoms with Crippen LogP contribution in [0.5, 0.6) is 0 Å².